The summed E-state index contributed by atoms with van der Waals surface area (Å²) in [6.07, 6.45) is 0.665. The molecule has 0 saturated heterocycles. The average molecular weight is 174 g/mol. The minimum Gasteiger partial charge on any atom is -0.299 e. The normalized spacial score (nSPS) is 12.9. The number of Topliss-reactive ketones (excluding diaryl/α,β-unsaturated/α-hetero) is 1. The number of carbonyl (C=O) groups excluding carboxylic acids is 1. The molecule has 0 fully saturated rings. The second-order valence-electron chi connectivity index (χ2n) is 3.91. The molecule has 3 nitrogen and oxygen atoms in total. The van der Waals surface area contributed by atoms with Gasteiger partial charge in [-0.1, -0.05) is 34.6 Å². The van der Waals surface area contributed by atoms with E-state index >= 15 is 0 Å². The molecule has 0 aliphatic rings. The van der Waals surface area contributed by atoms with Gasteiger partial charge in [0.05, 0.1) is 0 Å². The van der Waals surface area contributed by atoms with E-state index in [1.54, 1.807) is 0 Å². The average Bonchev–Trinajstić information content (AvgIpc) is 2.04. The van der Waals surface area contributed by atoms with Gasteiger partial charge in [-0.25, -0.2) is 0 Å². The Morgan fingerprint density at radius 1 is 1.33 bits per heavy atom. The first-order valence-corrected chi connectivity index (χ1v) is 4.25. The predicted molar refractivity (Wildman–Crippen MR) is 52.3 cm³/mol. The number of nitrogens with two attached hydrogens (primary N) is 2. The molecule has 0 aliphatic carbocycles. The summed E-state index contributed by atoms with van der Waals surface area (Å²) in [7, 11) is 0. The molecule has 0 radical (unpaired) electrons. The molecule has 1 atom stereocenters. The van der Waals surface area contributed by atoms with Crippen LogP contribution in [-0.2, 0) is 4.79 Å². The van der Waals surface area contributed by atoms with E-state index in [9.17, 15) is 4.79 Å². The number of hydrazine groups is 1. The van der Waals surface area contributed by atoms with Crippen LogP contribution in [0.2, 0.25) is 0 Å². The lowest BCUT2D eigenvalue weighted by atomic mass is 9.79. The zero-order valence-corrected chi connectivity index (χ0v) is 8.85. The molecule has 1 unspecified atom stereocenters. The molecule has 0 bridgehead atoms. The molecule has 12 heavy (non-hydrogen) atoms. The smallest absolute Gasteiger partial charge is 0.135 e. The lowest BCUT2D eigenvalue weighted by Gasteiger charge is -2.25. The standard InChI is InChI=1S/C9H18O.H4N2/c1-6-8(10)7(2)9(3,4)5;1-2/h7H,6H2,1-5H3;1-2H2. The number of rotatable bonds is 2. The minimum absolute atomic E-state index is 0.132. The van der Waals surface area contributed by atoms with Crippen molar-refractivity contribution in [2.24, 2.45) is 23.0 Å². The topological polar surface area (TPSA) is 69.1 Å². The van der Waals surface area contributed by atoms with Crippen molar-refractivity contribution in [1.29, 1.82) is 0 Å². The van der Waals surface area contributed by atoms with Crippen LogP contribution in [0.15, 0.2) is 0 Å². The van der Waals surface area contributed by atoms with Crippen LogP contribution in [0.4, 0.5) is 0 Å². The molecule has 74 valence electrons. The number of hydrogen-bond donors (Lipinski definition) is 2. The van der Waals surface area contributed by atoms with E-state index < -0.39 is 0 Å². The summed E-state index contributed by atoms with van der Waals surface area (Å²) in [6, 6.07) is 0. The van der Waals surface area contributed by atoms with E-state index in [4.69, 9.17) is 0 Å². The summed E-state index contributed by atoms with van der Waals surface area (Å²) in [5.74, 6) is 8.56. The molecular weight excluding hydrogens is 152 g/mol. The fourth-order valence-electron chi connectivity index (χ4n) is 0.789. The van der Waals surface area contributed by atoms with Crippen molar-refractivity contribution in [3.05, 3.63) is 0 Å². The Kier molecular flexibility index (Phi) is 7.24. The summed E-state index contributed by atoms with van der Waals surface area (Å²) in [4.78, 5) is 11.2. The summed E-state index contributed by atoms with van der Waals surface area (Å²) >= 11 is 0. The molecule has 0 aliphatic heterocycles. The van der Waals surface area contributed by atoms with Crippen LogP contribution in [-0.4, -0.2) is 5.78 Å². The van der Waals surface area contributed by atoms with Gasteiger partial charge in [-0.15, -0.1) is 0 Å². The van der Waals surface area contributed by atoms with Crippen LogP contribution >= 0.6 is 0 Å². The van der Waals surface area contributed by atoms with Gasteiger partial charge in [0.25, 0.3) is 0 Å². The van der Waals surface area contributed by atoms with Crippen molar-refractivity contribution in [2.45, 2.75) is 41.0 Å². The third kappa shape index (κ3) is 5.27. The van der Waals surface area contributed by atoms with Crippen molar-refractivity contribution in [1.82, 2.24) is 0 Å². The minimum atomic E-state index is 0.132. The Morgan fingerprint density at radius 3 is 1.75 bits per heavy atom. The van der Waals surface area contributed by atoms with Crippen LogP contribution in [0, 0.1) is 11.3 Å². The molecule has 3 heteroatoms. The van der Waals surface area contributed by atoms with Crippen molar-refractivity contribution >= 4 is 5.78 Å². The zero-order chi connectivity index (χ0) is 10.4. The third-order valence-corrected chi connectivity index (χ3v) is 2.13. The Balaban J connectivity index is 0. The van der Waals surface area contributed by atoms with Crippen LogP contribution in [0.5, 0.6) is 0 Å². The van der Waals surface area contributed by atoms with Crippen LogP contribution in [0.25, 0.3) is 0 Å². The van der Waals surface area contributed by atoms with Crippen molar-refractivity contribution in [3.8, 4) is 0 Å². The molecule has 0 aromatic carbocycles. The molecule has 0 heterocycles. The largest absolute Gasteiger partial charge is 0.299 e. The van der Waals surface area contributed by atoms with Gasteiger partial charge in [0.1, 0.15) is 5.78 Å². The number of hydrogen-bond acceptors (Lipinski definition) is 3. The van der Waals surface area contributed by atoms with Crippen molar-refractivity contribution in [3.63, 3.8) is 0 Å². The highest BCUT2D eigenvalue weighted by molar-refractivity contribution is 5.80. The van der Waals surface area contributed by atoms with Crippen LogP contribution in [0.3, 0.4) is 0 Å². The highest BCUT2D eigenvalue weighted by Gasteiger charge is 2.24. The number of carbonyl (C=O) groups is 1. The van der Waals surface area contributed by atoms with Crippen LogP contribution < -0.4 is 11.7 Å². The SMILES string of the molecule is CCC(=O)C(C)C(C)(C)C.NN. The third-order valence-electron chi connectivity index (χ3n) is 2.13. The molecule has 0 rings (SSSR count). The van der Waals surface area contributed by atoms with E-state index in [1.165, 1.54) is 0 Å². The van der Waals surface area contributed by atoms with E-state index in [-0.39, 0.29) is 11.3 Å². The second-order valence-corrected chi connectivity index (χ2v) is 3.91. The maximum atomic E-state index is 11.2. The summed E-state index contributed by atoms with van der Waals surface area (Å²) < 4.78 is 0. The van der Waals surface area contributed by atoms with E-state index in [2.05, 4.69) is 32.5 Å². The summed E-state index contributed by atoms with van der Waals surface area (Å²) in [5.41, 5.74) is 0.132. The number of ketones is 1. The fourth-order valence-corrected chi connectivity index (χ4v) is 0.789. The van der Waals surface area contributed by atoms with Gasteiger partial charge in [0.2, 0.25) is 0 Å². The Morgan fingerprint density at radius 2 is 1.67 bits per heavy atom. The van der Waals surface area contributed by atoms with Gasteiger partial charge in [-0.3, -0.25) is 16.5 Å². The van der Waals surface area contributed by atoms with Gasteiger partial charge in [-0.2, -0.15) is 0 Å². The summed E-state index contributed by atoms with van der Waals surface area (Å²) in [6.45, 7) is 10.2. The summed E-state index contributed by atoms with van der Waals surface area (Å²) in [5, 5.41) is 0. The monoisotopic (exact) mass is 174 g/mol. The lowest BCUT2D eigenvalue weighted by molar-refractivity contribution is -0.124. The fraction of sp³-hybridized carbons (Fsp3) is 0.889. The van der Waals surface area contributed by atoms with E-state index in [1.807, 2.05) is 13.8 Å². The quantitative estimate of drug-likeness (QED) is 0.492. The maximum Gasteiger partial charge on any atom is 0.135 e. The maximum absolute atomic E-state index is 11.2. The second kappa shape index (κ2) is 6.14. The first-order valence-electron chi connectivity index (χ1n) is 4.25. The highest BCUT2D eigenvalue weighted by atomic mass is 16.1. The van der Waals surface area contributed by atoms with Gasteiger partial charge in [0.15, 0.2) is 0 Å². The van der Waals surface area contributed by atoms with Gasteiger partial charge >= 0.3 is 0 Å². The van der Waals surface area contributed by atoms with Crippen LogP contribution in [0.1, 0.15) is 41.0 Å². The Bertz CT molecular complexity index is 127. The van der Waals surface area contributed by atoms with E-state index in [0.29, 0.717) is 12.2 Å². The Labute approximate surface area is 75.5 Å². The predicted octanol–water partition coefficient (Wildman–Crippen LogP) is 1.47. The van der Waals surface area contributed by atoms with Gasteiger partial charge < -0.3 is 0 Å². The molecular formula is C9H22N2O. The van der Waals surface area contributed by atoms with E-state index in [0.717, 1.165) is 0 Å². The van der Waals surface area contributed by atoms with Gasteiger partial charge in [-0.05, 0) is 5.41 Å². The first kappa shape index (κ1) is 14.1. The first-order chi connectivity index (χ1) is 5.39. The molecule has 0 aromatic heterocycles. The Hall–Kier alpha value is -0.410. The lowest BCUT2D eigenvalue weighted by Crippen LogP contribution is -2.24. The highest BCUT2D eigenvalue weighted by Crippen LogP contribution is 2.26. The molecule has 0 spiro atoms. The molecule has 0 saturated carbocycles. The zero-order valence-electron chi connectivity index (χ0n) is 8.85. The molecule has 0 amide bonds. The van der Waals surface area contributed by atoms with Crippen molar-refractivity contribution in [2.75, 3.05) is 0 Å². The molecule has 0 aromatic rings. The molecule has 4 N–H and O–H groups in total. The van der Waals surface area contributed by atoms with Gasteiger partial charge in [0, 0.05) is 12.3 Å². The van der Waals surface area contributed by atoms with Crippen molar-refractivity contribution < 1.29 is 4.79 Å².